The Hall–Kier alpha value is -2.61. The highest BCUT2D eigenvalue weighted by Crippen LogP contribution is 2.39. The van der Waals surface area contributed by atoms with E-state index in [-0.39, 0.29) is 24.5 Å². The third-order valence-electron chi connectivity index (χ3n) is 6.20. The number of ether oxygens (including phenoxy) is 2. The van der Waals surface area contributed by atoms with Crippen molar-refractivity contribution < 1.29 is 19.1 Å². The fourth-order valence-electron chi connectivity index (χ4n) is 4.37. The minimum Gasteiger partial charge on any atom is -0.454 e. The van der Waals surface area contributed by atoms with Crippen molar-refractivity contribution in [3.8, 4) is 11.5 Å². The van der Waals surface area contributed by atoms with Gasteiger partial charge in [-0.25, -0.2) is 4.98 Å². The molecule has 5 rings (SSSR count). The molecular formula is C22H25N3O4S. The molecule has 158 valence electrons. The minimum atomic E-state index is -0.243. The average molecular weight is 428 g/mol. The topological polar surface area (TPSA) is 80.8 Å². The number of anilines is 1. The van der Waals surface area contributed by atoms with Crippen LogP contribution in [0.3, 0.4) is 0 Å². The second-order valence-corrected chi connectivity index (χ2v) is 9.39. The van der Waals surface area contributed by atoms with Crippen molar-refractivity contribution in [2.75, 3.05) is 25.2 Å². The zero-order valence-corrected chi connectivity index (χ0v) is 17.8. The normalized spacial score (nSPS) is 20.7. The zero-order valence-electron chi connectivity index (χ0n) is 17.0. The minimum absolute atomic E-state index is 0.172. The highest BCUT2D eigenvalue weighted by atomic mass is 32.1. The average Bonchev–Trinajstić information content (AvgIpc) is 3.39. The van der Waals surface area contributed by atoms with Crippen molar-refractivity contribution in [1.82, 2.24) is 9.88 Å². The van der Waals surface area contributed by atoms with Gasteiger partial charge in [0.25, 0.3) is 5.91 Å². The Morgan fingerprint density at radius 3 is 2.80 bits per heavy atom. The van der Waals surface area contributed by atoms with Crippen LogP contribution in [-0.4, -0.2) is 41.6 Å². The number of hydrogen-bond acceptors (Lipinski definition) is 6. The van der Waals surface area contributed by atoms with Crippen LogP contribution in [0.25, 0.3) is 0 Å². The third kappa shape index (κ3) is 3.64. The van der Waals surface area contributed by atoms with E-state index in [0.29, 0.717) is 28.1 Å². The summed E-state index contributed by atoms with van der Waals surface area (Å²) in [6.45, 7) is 4.09. The molecule has 0 spiro atoms. The van der Waals surface area contributed by atoms with Crippen LogP contribution in [0.5, 0.6) is 11.5 Å². The molecule has 1 saturated heterocycles. The molecular weight excluding hydrogens is 402 g/mol. The summed E-state index contributed by atoms with van der Waals surface area (Å²) in [4.78, 5) is 33.7. The summed E-state index contributed by atoms with van der Waals surface area (Å²) in [6.07, 6.45) is 4.86. The number of aryl methyl sites for hydroxylation is 1. The van der Waals surface area contributed by atoms with Crippen LogP contribution >= 0.6 is 11.3 Å². The summed E-state index contributed by atoms with van der Waals surface area (Å²) in [7, 11) is 0. The molecule has 1 aliphatic carbocycles. The molecule has 8 heteroatoms. The molecule has 0 radical (unpaired) electrons. The van der Waals surface area contributed by atoms with Gasteiger partial charge in [-0.05, 0) is 56.2 Å². The number of piperidine rings is 1. The van der Waals surface area contributed by atoms with E-state index in [0.717, 1.165) is 55.8 Å². The molecule has 1 N–H and O–H groups in total. The maximum atomic E-state index is 13.2. The number of rotatable bonds is 3. The summed E-state index contributed by atoms with van der Waals surface area (Å²) < 4.78 is 10.6. The summed E-state index contributed by atoms with van der Waals surface area (Å²) in [5, 5.41) is 3.45. The van der Waals surface area contributed by atoms with Crippen molar-refractivity contribution in [3.63, 3.8) is 0 Å². The summed E-state index contributed by atoms with van der Waals surface area (Å²) >= 11 is 1.48. The number of nitrogens with one attached hydrogen (secondary N) is 1. The molecule has 1 aromatic carbocycles. The van der Waals surface area contributed by atoms with E-state index in [9.17, 15) is 9.59 Å². The Morgan fingerprint density at radius 1 is 1.17 bits per heavy atom. The first-order chi connectivity index (χ1) is 14.6. The summed E-state index contributed by atoms with van der Waals surface area (Å²) in [5.74, 6) is 1.67. The van der Waals surface area contributed by atoms with Gasteiger partial charge in [-0.3, -0.25) is 14.9 Å². The number of thiazole rings is 1. The number of aromatic nitrogens is 1. The largest absolute Gasteiger partial charge is 0.454 e. The molecule has 30 heavy (non-hydrogen) atoms. The molecule has 0 bridgehead atoms. The first-order valence-corrected chi connectivity index (χ1v) is 11.4. The summed E-state index contributed by atoms with van der Waals surface area (Å²) in [6, 6.07) is 5.12. The molecule has 1 atom stereocenters. The van der Waals surface area contributed by atoms with Gasteiger partial charge in [0.15, 0.2) is 16.6 Å². The Balaban J connectivity index is 1.31. The Labute approximate surface area is 179 Å². The number of likely N-dealkylation sites (tertiary alicyclic amines) is 1. The molecule has 3 aliphatic rings. The van der Waals surface area contributed by atoms with Crippen LogP contribution in [0.1, 0.15) is 59.5 Å². The smallest absolute Gasteiger partial charge is 0.257 e. The highest BCUT2D eigenvalue weighted by molar-refractivity contribution is 7.16. The number of hydrogen-bond donors (Lipinski definition) is 1. The van der Waals surface area contributed by atoms with Crippen LogP contribution in [-0.2, 0) is 11.2 Å². The SMILES string of the molecule is CC1CCN(C(=O)C2CCCc3sc(NC(=O)c4ccc5c(c4)OCO5)nc32)CC1. The number of fused-ring (bicyclic) bond motifs is 2. The van der Waals surface area contributed by atoms with Gasteiger partial charge in [0.05, 0.1) is 11.6 Å². The van der Waals surface area contributed by atoms with Crippen LogP contribution in [0.2, 0.25) is 0 Å². The maximum Gasteiger partial charge on any atom is 0.257 e. The molecule has 0 saturated carbocycles. The lowest BCUT2D eigenvalue weighted by atomic mass is 9.88. The van der Waals surface area contributed by atoms with Gasteiger partial charge in [0.2, 0.25) is 12.7 Å². The Morgan fingerprint density at radius 2 is 1.97 bits per heavy atom. The van der Waals surface area contributed by atoms with Gasteiger partial charge in [0.1, 0.15) is 0 Å². The molecule has 1 unspecified atom stereocenters. The van der Waals surface area contributed by atoms with Crippen LogP contribution < -0.4 is 14.8 Å². The molecule has 2 amide bonds. The number of carbonyl (C=O) groups excluding carboxylic acids is 2. The second-order valence-electron chi connectivity index (χ2n) is 8.30. The van der Waals surface area contributed by atoms with E-state index in [1.165, 1.54) is 11.3 Å². The third-order valence-corrected chi connectivity index (χ3v) is 7.25. The van der Waals surface area contributed by atoms with E-state index >= 15 is 0 Å². The van der Waals surface area contributed by atoms with Gasteiger partial charge in [0, 0.05) is 23.5 Å². The van der Waals surface area contributed by atoms with Gasteiger partial charge in [-0.1, -0.05) is 6.92 Å². The number of benzene rings is 1. The van der Waals surface area contributed by atoms with Crippen molar-refractivity contribution in [2.45, 2.75) is 44.9 Å². The standard InChI is InChI=1S/C22H25N3O4S/c1-13-7-9-25(10-8-13)21(27)15-3-2-4-18-19(15)23-22(30-18)24-20(26)14-5-6-16-17(11-14)29-12-28-16/h5-6,11,13,15H,2-4,7-10,12H2,1H3,(H,23,24,26). The molecule has 2 aliphatic heterocycles. The fourth-order valence-corrected chi connectivity index (χ4v) is 5.43. The zero-order chi connectivity index (χ0) is 20.7. The van der Waals surface area contributed by atoms with E-state index in [4.69, 9.17) is 9.47 Å². The molecule has 2 aromatic rings. The van der Waals surface area contributed by atoms with E-state index in [1.807, 2.05) is 4.90 Å². The maximum absolute atomic E-state index is 13.2. The number of carbonyl (C=O) groups is 2. The predicted octanol–water partition coefficient (Wildman–Crippen LogP) is 3.80. The highest BCUT2D eigenvalue weighted by Gasteiger charge is 2.34. The first kappa shape index (κ1) is 19.4. The van der Waals surface area contributed by atoms with Gasteiger partial charge >= 0.3 is 0 Å². The van der Waals surface area contributed by atoms with Gasteiger partial charge < -0.3 is 14.4 Å². The monoisotopic (exact) mass is 427 g/mol. The van der Waals surface area contributed by atoms with Crippen LogP contribution in [0, 0.1) is 5.92 Å². The quantitative estimate of drug-likeness (QED) is 0.806. The number of nitrogens with zero attached hydrogens (tertiary/aromatic N) is 2. The molecule has 3 heterocycles. The lowest BCUT2D eigenvalue weighted by Crippen LogP contribution is -2.41. The van der Waals surface area contributed by atoms with E-state index in [1.54, 1.807) is 18.2 Å². The molecule has 1 fully saturated rings. The Kier molecular flexibility index (Phi) is 5.10. The van der Waals surface area contributed by atoms with E-state index < -0.39 is 0 Å². The van der Waals surface area contributed by atoms with Crippen LogP contribution in [0.4, 0.5) is 5.13 Å². The predicted molar refractivity (Wildman–Crippen MR) is 113 cm³/mol. The van der Waals surface area contributed by atoms with Crippen molar-refractivity contribution in [2.24, 2.45) is 5.92 Å². The van der Waals surface area contributed by atoms with Crippen molar-refractivity contribution in [1.29, 1.82) is 0 Å². The lowest BCUT2D eigenvalue weighted by molar-refractivity contribution is -0.134. The lowest BCUT2D eigenvalue weighted by Gasteiger charge is -2.33. The summed E-state index contributed by atoms with van der Waals surface area (Å²) in [5.41, 5.74) is 1.35. The van der Waals surface area contributed by atoms with Crippen molar-refractivity contribution >= 4 is 28.3 Å². The molecule has 7 nitrogen and oxygen atoms in total. The molecule has 1 aromatic heterocycles. The van der Waals surface area contributed by atoms with Gasteiger partial charge in [-0.15, -0.1) is 11.3 Å². The van der Waals surface area contributed by atoms with Gasteiger partial charge in [-0.2, -0.15) is 0 Å². The van der Waals surface area contributed by atoms with Crippen LogP contribution in [0.15, 0.2) is 18.2 Å². The van der Waals surface area contributed by atoms with Crippen molar-refractivity contribution in [3.05, 3.63) is 34.3 Å². The second kappa shape index (κ2) is 7.91. The Bertz CT molecular complexity index is 981. The number of amides is 2. The van der Waals surface area contributed by atoms with E-state index in [2.05, 4.69) is 17.2 Å². The fraction of sp³-hybridized carbons (Fsp3) is 0.500. The first-order valence-electron chi connectivity index (χ1n) is 10.6.